The average molecular weight is 445 g/mol. The maximum absolute atomic E-state index is 14.4. The van der Waals surface area contributed by atoms with Gasteiger partial charge in [-0.3, -0.25) is 0 Å². The third-order valence-corrected chi connectivity index (χ3v) is 5.52. The summed E-state index contributed by atoms with van der Waals surface area (Å²) in [6.45, 7) is 3.78. The monoisotopic (exact) mass is 445 g/mol. The van der Waals surface area contributed by atoms with Crippen molar-refractivity contribution in [1.29, 1.82) is 0 Å². The molecule has 0 aliphatic carbocycles. The smallest absolute Gasteiger partial charge is 0.161 e. The molecule has 3 aromatic heterocycles. The van der Waals surface area contributed by atoms with Crippen molar-refractivity contribution in [2.75, 3.05) is 12.4 Å². The SMILES string of the molecule is COc1cc(Nc2cccn3c(C)c(-c4ccc(F)cc4F)nc23)ccc1-n1cnc(C)c1. The quantitative estimate of drug-likeness (QED) is 0.370. The Balaban J connectivity index is 1.54. The lowest BCUT2D eigenvalue weighted by Gasteiger charge is -2.13. The van der Waals surface area contributed by atoms with Crippen molar-refractivity contribution in [3.8, 4) is 22.7 Å². The van der Waals surface area contributed by atoms with Gasteiger partial charge in [-0.05, 0) is 50.2 Å². The van der Waals surface area contributed by atoms with Crippen molar-refractivity contribution in [3.63, 3.8) is 0 Å². The van der Waals surface area contributed by atoms with Crippen LogP contribution in [0.2, 0.25) is 0 Å². The highest BCUT2D eigenvalue weighted by Crippen LogP contribution is 2.32. The van der Waals surface area contributed by atoms with E-state index in [1.807, 2.05) is 65.5 Å². The van der Waals surface area contributed by atoms with Crippen LogP contribution in [-0.2, 0) is 0 Å². The molecule has 0 bridgehead atoms. The van der Waals surface area contributed by atoms with Gasteiger partial charge >= 0.3 is 0 Å². The summed E-state index contributed by atoms with van der Waals surface area (Å²) < 4.78 is 37.2. The van der Waals surface area contributed by atoms with Crippen molar-refractivity contribution in [1.82, 2.24) is 18.9 Å². The van der Waals surface area contributed by atoms with Gasteiger partial charge in [0.25, 0.3) is 0 Å². The van der Waals surface area contributed by atoms with Gasteiger partial charge in [-0.25, -0.2) is 18.7 Å². The molecule has 6 nitrogen and oxygen atoms in total. The maximum atomic E-state index is 14.4. The lowest BCUT2D eigenvalue weighted by atomic mass is 10.1. The van der Waals surface area contributed by atoms with Crippen LogP contribution in [-0.4, -0.2) is 26.0 Å². The molecular formula is C25H21F2N5O. The topological polar surface area (TPSA) is 56.4 Å². The summed E-state index contributed by atoms with van der Waals surface area (Å²) >= 11 is 0. The zero-order chi connectivity index (χ0) is 23.1. The van der Waals surface area contributed by atoms with Gasteiger partial charge in [0.15, 0.2) is 5.65 Å². The number of aromatic nitrogens is 4. The third-order valence-electron chi connectivity index (χ3n) is 5.52. The van der Waals surface area contributed by atoms with Crippen LogP contribution in [0.1, 0.15) is 11.4 Å². The molecule has 0 saturated heterocycles. The molecule has 0 aliphatic heterocycles. The molecule has 0 aliphatic rings. The minimum atomic E-state index is -0.647. The first kappa shape index (κ1) is 20.7. The van der Waals surface area contributed by atoms with E-state index in [0.717, 1.165) is 34.5 Å². The fraction of sp³-hybridized carbons (Fsp3) is 0.120. The number of halogens is 2. The second-order valence-electron chi connectivity index (χ2n) is 7.72. The lowest BCUT2D eigenvalue weighted by molar-refractivity contribution is 0.413. The number of methoxy groups -OCH3 is 1. The second-order valence-corrected chi connectivity index (χ2v) is 7.72. The summed E-state index contributed by atoms with van der Waals surface area (Å²) in [5.41, 5.74) is 5.42. The van der Waals surface area contributed by atoms with Gasteiger partial charge in [-0.15, -0.1) is 0 Å². The number of aryl methyl sites for hydroxylation is 2. The number of nitrogens with zero attached hydrogens (tertiary/aromatic N) is 4. The molecule has 2 aromatic carbocycles. The number of hydrogen-bond donors (Lipinski definition) is 1. The molecule has 166 valence electrons. The molecule has 5 aromatic rings. The zero-order valence-electron chi connectivity index (χ0n) is 18.3. The van der Waals surface area contributed by atoms with Crippen LogP contribution in [0.4, 0.5) is 20.2 Å². The van der Waals surface area contributed by atoms with E-state index in [9.17, 15) is 8.78 Å². The number of fused-ring (bicyclic) bond motifs is 1. The number of nitrogens with one attached hydrogen (secondary N) is 1. The van der Waals surface area contributed by atoms with Crippen LogP contribution in [0, 0.1) is 25.5 Å². The van der Waals surface area contributed by atoms with E-state index in [1.54, 1.807) is 13.4 Å². The predicted octanol–water partition coefficient (Wildman–Crippen LogP) is 5.83. The highest BCUT2D eigenvalue weighted by Gasteiger charge is 2.17. The molecule has 1 N–H and O–H groups in total. The molecule has 0 saturated carbocycles. The predicted molar refractivity (Wildman–Crippen MR) is 123 cm³/mol. The molecule has 0 spiro atoms. The van der Waals surface area contributed by atoms with Gasteiger partial charge in [0, 0.05) is 41.5 Å². The first-order valence-corrected chi connectivity index (χ1v) is 10.3. The van der Waals surface area contributed by atoms with E-state index in [1.165, 1.54) is 12.1 Å². The Bertz CT molecular complexity index is 1490. The summed E-state index contributed by atoms with van der Waals surface area (Å²) in [6, 6.07) is 13.1. The Labute approximate surface area is 189 Å². The minimum absolute atomic E-state index is 0.255. The van der Waals surface area contributed by atoms with Crippen LogP contribution < -0.4 is 10.1 Å². The molecule has 8 heteroatoms. The van der Waals surface area contributed by atoms with E-state index in [0.29, 0.717) is 17.1 Å². The number of benzene rings is 2. The van der Waals surface area contributed by atoms with Gasteiger partial charge in [-0.1, -0.05) is 0 Å². The van der Waals surface area contributed by atoms with Gasteiger partial charge < -0.3 is 19.0 Å². The first-order chi connectivity index (χ1) is 15.9. The molecule has 33 heavy (non-hydrogen) atoms. The fourth-order valence-electron chi connectivity index (χ4n) is 3.90. The number of imidazole rings is 2. The van der Waals surface area contributed by atoms with Crippen molar-refractivity contribution in [3.05, 3.63) is 90.3 Å². The van der Waals surface area contributed by atoms with E-state index >= 15 is 0 Å². The van der Waals surface area contributed by atoms with Crippen LogP contribution in [0.15, 0.2) is 67.3 Å². The van der Waals surface area contributed by atoms with Crippen LogP contribution in [0.5, 0.6) is 5.75 Å². The van der Waals surface area contributed by atoms with Gasteiger partial charge in [-0.2, -0.15) is 0 Å². The highest BCUT2D eigenvalue weighted by atomic mass is 19.1. The fourth-order valence-corrected chi connectivity index (χ4v) is 3.90. The zero-order valence-corrected chi connectivity index (χ0v) is 18.3. The lowest BCUT2D eigenvalue weighted by Crippen LogP contribution is -1.99. The van der Waals surface area contributed by atoms with Crippen molar-refractivity contribution in [2.45, 2.75) is 13.8 Å². The molecule has 0 unspecified atom stereocenters. The summed E-state index contributed by atoms with van der Waals surface area (Å²) in [5.74, 6) is -0.590. The van der Waals surface area contributed by atoms with Crippen LogP contribution >= 0.6 is 0 Å². The Morgan fingerprint density at radius 3 is 2.61 bits per heavy atom. The second kappa shape index (κ2) is 8.05. The maximum Gasteiger partial charge on any atom is 0.161 e. The molecular weight excluding hydrogens is 424 g/mol. The average Bonchev–Trinajstić information content (AvgIpc) is 3.38. The van der Waals surface area contributed by atoms with Gasteiger partial charge in [0.05, 0.1) is 36.2 Å². The van der Waals surface area contributed by atoms with Crippen molar-refractivity contribution >= 4 is 17.0 Å². The molecule has 3 heterocycles. The largest absolute Gasteiger partial charge is 0.494 e. The number of hydrogen-bond acceptors (Lipinski definition) is 4. The van der Waals surface area contributed by atoms with Crippen molar-refractivity contribution < 1.29 is 13.5 Å². The summed E-state index contributed by atoms with van der Waals surface area (Å²) in [6.07, 6.45) is 5.53. The minimum Gasteiger partial charge on any atom is -0.494 e. The molecule has 0 radical (unpaired) electrons. The Morgan fingerprint density at radius 2 is 1.88 bits per heavy atom. The highest BCUT2D eigenvalue weighted by molar-refractivity contribution is 5.79. The molecule has 0 amide bonds. The van der Waals surface area contributed by atoms with E-state index in [4.69, 9.17) is 4.74 Å². The van der Waals surface area contributed by atoms with Crippen molar-refractivity contribution in [2.24, 2.45) is 0 Å². The number of pyridine rings is 1. The summed E-state index contributed by atoms with van der Waals surface area (Å²) in [7, 11) is 1.62. The van der Waals surface area contributed by atoms with Crippen LogP contribution in [0.25, 0.3) is 22.6 Å². The third kappa shape index (κ3) is 3.69. The van der Waals surface area contributed by atoms with E-state index in [2.05, 4.69) is 15.3 Å². The Hall–Kier alpha value is -4.20. The van der Waals surface area contributed by atoms with Crippen LogP contribution in [0.3, 0.4) is 0 Å². The number of anilines is 2. The van der Waals surface area contributed by atoms with Gasteiger partial charge in [0.1, 0.15) is 17.4 Å². The molecule has 5 rings (SSSR count). The van der Waals surface area contributed by atoms with Gasteiger partial charge in [0.2, 0.25) is 0 Å². The first-order valence-electron chi connectivity index (χ1n) is 10.3. The standard InChI is InChI=1S/C25H21F2N5O/c1-15-13-31(14-28-15)22-9-7-18(12-23(22)33-3)29-21-5-4-10-32-16(2)24(30-25(21)32)19-8-6-17(26)11-20(19)27/h4-14,29H,1-3H3. The van der Waals surface area contributed by atoms with E-state index in [-0.39, 0.29) is 5.56 Å². The normalized spacial score (nSPS) is 11.2. The number of rotatable bonds is 5. The Morgan fingerprint density at radius 1 is 1.03 bits per heavy atom. The summed E-state index contributed by atoms with van der Waals surface area (Å²) in [5, 5.41) is 3.38. The number of ether oxygens (including phenoxy) is 1. The summed E-state index contributed by atoms with van der Waals surface area (Å²) in [4.78, 5) is 8.95. The Kier molecular flexibility index (Phi) is 5.05. The molecule has 0 fully saturated rings. The molecule has 0 atom stereocenters. The van der Waals surface area contributed by atoms with E-state index < -0.39 is 11.6 Å².